The van der Waals surface area contributed by atoms with E-state index in [0.717, 1.165) is 0 Å². The van der Waals surface area contributed by atoms with Crippen molar-refractivity contribution in [1.29, 1.82) is 0 Å². The van der Waals surface area contributed by atoms with E-state index in [1.807, 2.05) is 0 Å². The van der Waals surface area contributed by atoms with Gasteiger partial charge in [-0.15, -0.1) is 0 Å². The number of fused-ring (bicyclic) bond motifs is 32. The van der Waals surface area contributed by atoms with Crippen LogP contribution in [0.2, 0.25) is 0 Å². The van der Waals surface area contributed by atoms with Crippen LogP contribution < -0.4 is 0 Å². The zero-order valence-electron chi connectivity index (χ0n) is 29.0. The van der Waals surface area contributed by atoms with Gasteiger partial charge in [-0.05, 0) is 163 Å². The third-order valence-electron chi connectivity index (χ3n) is 13.5. The molecule has 0 amide bonds. The molecule has 0 bridgehead atoms. The SMILES string of the molecule is c1ccc2c(c1)ccc1c2c2c3cc4c(cc3c3c5ccc6ccccc6c5c3c12)c1c2c3ccccc3ccc2c1c1c2c3ccccc3ccc2c41. The highest BCUT2D eigenvalue weighted by Crippen LogP contribution is 2.58. The van der Waals surface area contributed by atoms with Gasteiger partial charge in [0.05, 0.1) is 0 Å². The Bertz CT molecular complexity index is 3890. The van der Waals surface area contributed by atoms with Crippen LogP contribution in [-0.4, -0.2) is 0 Å². The molecule has 54 heavy (non-hydrogen) atoms. The highest BCUT2D eigenvalue weighted by molar-refractivity contribution is 6.58. The van der Waals surface area contributed by atoms with Crippen LogP contribution in [0.5, 0.6) is 0 Å². The second kappa shape index (κ2) is 8.77. The van der Waals surface area contributed by atoms with Crippen molar-refractivity contribution in [3.8, 4) is 0 Å². The molecule has 0 saturated heterocycles. The molecule has 0 fully saturated rings. The van der Waals surface area contributed by atoms with Gasteiger partial charge < -0.3 is 0 Å². The van der Waals surface area contributed by atoms with Crippen molar-refractivity contribution in [2.24, 2.45) is 0 Å². The lowest BCUT2D eigenvalue weighted by molar-refractivity contribution is 1.79. The monoisotopic (exact) mass is 674 g/mol. The fraction of sp³-hybridized carbons (Fsp3) is 0. The van der Waals surface area contributed by atoms with Crippen LogP contribution in [-0.2, 0) is 0 Å². The Balaban J connectivity index is 1.24. The van der Waals surface area contributed by atoms with E-state index in [1.165, 1.54) is 151 Å². The lowest BCUT2D eigenvalue weighted by atomic mass is 9.74. The molecule has 0 atom stereocenters. The van der Waals surface area contributed by atoms with Gasteiger partial charge in [0, 0.05) is 0 Å². The molecular weight excluding hydrogens is 649 g/mol. The van der Waals surface area contributed by atoms with Gasteiger partial charge in [0.2, 0.25) is 0 Å². The van der Waals surface area contributed by atoms with Crippen LogP contribution in [0.3, 0.4) is 0 Å². The molecule has 0 heterocycles. The summed E-state index contributed by atoms with van der Waals surface area (Å²) in [7, 11) is 0. The summed E-state index contributed by atoms with van der Waals surface area (Å²) in [6, 6.07) is 59.8. The summed E-state index contributed by atoms with van der Waals surface area (Å²) in [6.07, 6.45) is 0. The van der Waals surface area contributed by atoms with Crippen molar-refractivity contribution in [2.75, 3.05) is 0 Å². The molecule has 0 N–H and O–H groups in total. The number of hydrogen-bond acceptors (Lipinski definition) is 0. The van der Waals surface area contributed by atoms with Crippen molar-refractivity contribution in [1.82, 2.24) is 0 Å². The second-order valence-corrected chi connectivity index (χ2v) is 15.8. The van der Waals surface area contributed by atoms with Gasteiger partial charge >= 0.3 is 0 Å². The van der Waals surface area contributed by atoms with Crippen molar-refractivity contribution in [3.63, 3.8) is 0 Å². The standard InChI is InChI=1S/C54H26/c1-5-13-31-27(9-1)19-23-37-43(31)51-41-25-40-42(26-39(41)47-35-21-17-29-11-3-7-15-33(29)45(35)53(47)49(37)51)52-44-32-14-6-2-10-28(32)20-24-38(44)50(52)54-46-34-16-8-4-12-30(34)18-22-36(46)48(40)54/h1-26H. The van der Waals surface area contributed by atoms with E-state index in [1.54, 1.807) is 0 Å². The van der Waals surface area contributed by atoms with Crippen molar-refractivity contribution < 1.29 is 0 Å². The third kappa shape index (κ3) is 2.78. The fourth-order valence-electron chi connectivity index (χ4n) is 11.3. The Labute approximate surface area is 307 Å². The Morgan fingerprint density at radius 2 is 0.389 bits per heavy atom. The summed E-state index contributed by atoms with van der Waals surface area (Å²) in [4.78, 5) is 0. The molecule has 0 spiro atoms. The molecule has 0 aliphatic rings. The summed E-state index contributed by atoms with van der Waals surface area (Å²) in [5.41, 5.74) is 0. The van der Waals surface area contributed by atoms with Crippen molar-refractivity contribution in [2.45, 2.75) is 0 Å². The van der Waals surface area contributed by atoms with Gasteiger partial charge in [-0.3, -0.25) is 0 Å². The van der Waals surface area contributed by atoms with Gasteiger partial charge in [-0.1, -0.05) is 146 Å². The molecule has 0 unspecified atom stereocenters. The van der Waals surface area contributed by atoms with Gasteiger partial charge in [0.25, 0.3) is 0 Å². The maximum absolute atomic E-state index is 2.61. The van der Waals surface area contributed by atoms with Crippen LogP contribution in [0.4, 0.5) is 0 Å². The molecule has 242 valence electrons. The molecule has 0 nitrogen and oxygen atoms in total. The first-order chi connectivity index (χ1) is 26.8. The van der Waals surface area contributed by atoms with E-state index in [-0.39, 0.29) is 0 Å². The molecule has 0 aromatic heterocycles. The van der Waals surface area contributed by atoms with Gasteiger partial charge in [0.15, 0.2) is 0 Å². The summed E-state index contributed by atoms with van der Waals surface area (Å²) >= 11 is 0. The first-order valence-electron chi connectivity index (χ1n) is 19.1. The van der Waals surface area contributed by atoms with Gasteiger partial charge in [-0.25, -0.2) is 0 Å². The smallest absolute Gasteiger partial charge is 0.000114 e. The van der Waals surface area contributed by atoms with E-state index in [9.17, 15) is 0 Å². The first kappa shape index (κ1) is 26.7. The van der Waals surface area contributed by atoms with E-state index < -0.39 is 0 Å². The second-order valence-electron chi connectivity index (χ2n) is 15.8. The predicted octanol–water partition coefficient (Wildman–Crippen LogP) is 15.6. The summed E-state index contributed by atoms with van der Waals surface area (Å²) in [6.45, 7) is 0. The zero-order chi connectivity index (χ0) is 34.6. The van der Waals surface area contributed by atoms with Crippen molar-refractivity contribution in [3.05, 3.63) is 158 Å². The maximum Gasteiger partial charge on any atom is -0.000114 e. The molecule has 0 aliphatic carbocycles. The minimum atomic E-state index is 1.30. The normalized spacial score (nSPS) is 13.2. The summed E-state index contributed by atoms with van der Waals surface area (Å²) in [5.74, 6) is 0. The maximum atomic E-state index is 2.61. The van der Waals surface area contributed by atoms with E-state index in [4.69, 9.17) is 0 Å². The highest BCUT2D eigenvalue weighted by atomic mass is 14.3. The van der Waals surface area contributed by atoms with E-state index >= 15 is 0 Å². The van der Waals surface area contributed by atoms with Crippen molar-refractivity contribution >= 4 is 151 Å². The van der Waals surface area contributed by atoms with Crippen LogP contribution >= 0.6 is 0 Å². The molecule has 15 rings (SSSR count). The molecule has 0 aliphatic heterocycles. The molecule has 0 heteroatoms. The summed E-state index contributed by atoms with van der Waals surface area (Å²) in [5, 5.41) is 38.8. The predicted molar refractivity (Wildman–Crippen MR) is 236 cm³/mol. The number of benzene rings is 11. The van der Waals surface area contributed by atoms with Gasteiger partial charge in [0.1, 0.15) is 0 Å². The molecule has 0 saturated carbocycles. The Hall–Kier alpha value is -7.02. The average Bonchev–Trinajstić information content (AvgIpc) is 3.19. The summed E-state index contributed by atoms with van der Waals surface area (Å²) < 4.78 is 0. The Morgan fingerprint density at radius 3 is 0.741 bits per heavy atom. The lowest BCUT2D eigenvalue weighted by Crippen LogP contribution is -1.99. The topological polar surface area (TPSA) is 0 Å². The Kier molecular flexibility index (Phi) is 4.34. The molecular formula is C54H26. The molecule has 15 aromatic carbocycles. The first-order valence-corrected chi connectivity index (χ1v) is 19.1. The molecule has 15 aromatic rings. The largest absolute Gasteiger partial charge is 0.0616 e. The van der Waals surface area contributed by atoms with Crippen LogP contribution in [0, 0.1) is 0 Å². The Morgan fingerprint density at radius 1 is 0.148 bits per heavy atom. The number of rotatable bonds is 0. The van der Waals surface area contributed by atoms with Crippen LogP contribution in [0.25, 0.3) is 151 Å². The lowest BCUT2D eigenvalue weighted by Gasteiger charge is -2.28. The average molecular weight is 675 g/mol. The number of hydrogen-bond donors (Lipinski definition) is 0. The van der Waals surface area contributed by atoms with E-state index in [0.29, 0.717) is 0 Å². The fourth-order valence-corrected chi connectivity index (χ4v) is 11.3. The van der Waals surface area contributed by atoms with E-state index in [2.05, 4.69) is 158 Å². The molecule has 0 radical (unpaired) electrons. The minimum absolute atomic E-state index is 1.30. The van der Waals surface area contributed by atoms with Crippen LogP contribution in [0.15, 0.2) is 158 Å². The van der Waals surface area contributed by atoms with Gasteiger partial charge in [-0.2, -0.15) is 0 Å². The zero-order valence-corrected chi connectivity index (χ0v) is 29.0. The quantitative estimate of drug-likeness (QED) is 0.140. The van der Waals surface area contributed by atoms with Crippen LogP contribution in [0.1, 0.15) is 0 Å². The third-order valence-corrected chi connectivity index (χ3v) is 13.5. The highest BCUT2D eigenvalue weighted by Gasteiger charge is 2.29. The minimum Gasteiger partial charge on any atom is -0.0616 e.